The Morgan fingerprint density at radius 1 is 1.33 bits per heavy atom. The first kappa shape index (κ1) is 14.9. The van der Waals surface area contributed by atoms with Crippen molar-refractivity contribution in [1.82, 2.24) is 0 Å². The van der Waals surface area contributed by atoms with Crippen molar-refractivity contribution in [2.75, 3.05) is 29.6 Å². The van der Waals surface area contributed by atoms with Crippen molar-refractivity contribution in [3.63, 3.8) is 0 Å². The first-order valence-corrected chi connectivity index (χ1v) is 7.49. The van der Waals surface area contributed by atoms with Gasteiger partial charge < -0.3 is 10.0 Å². The fourth-order valence-corrected chi connectivity index (χ4v) is 2.65. The summed E-state index contributed by atoms with van der Waals surface area (Å²) in [6, 6.07) is 9.35. The lowest BCUT2D eigenvalue weighted by atomic mass is 10.3. The van der Waals surface area contributed by atoms with Crippen LogP contribution in [0.5, 0.6) is 0 Å². The van der Waals surface area contributed by atoms with E-state index in [1.165, 1.54) is 0 Å². The number of benzene rings is 1. The molecule has 1 aromatic carbocycles. The van der Waals surface area contributed by atoms with Gasteiger partial charge in [0.25, 0.3) is 0 Å². The molecule has 0 saturated heterocycles. The van der Waals surface area contributed by atoms with Gasteiger partial charge in [-0.15, -0.1) is 0 Å². The van der Waals surface area contributed by atoms with Gasteiger partial charge in [-0.1, -0.05) is 18.2 Å². The van der Waals surface area contributed by atoms with E-state index in [2.05, 4.69) is 0 Å². The standard InChI is InChI=1S/C13H19NO3S/c1-2-14(12-7-4-3-5-8-12)13(16)11-18(17)10-6-9-15/h3-5,7-8,15H,2,6,9-11H2,1H3. The predicted molar refractivity (Wildman–Crippen MR) is 74.0 cm³/mol. The Morgan fingerprint density at radius 3 is 2.56 bits per heavy atom. The summed E-state index contributed by atoms with van der Waals surface area (Å²) in [5.74, 6) is 0.247. The zero-order valence-electron chi connectivity index (χ0n) is 10.5. The van der Waals surface area contributed by atoms with Crippen molar-refractivity contribution in [3.05, 3.63) is 30.3 Å². The minimum Gasteiger partial charge on any atom is -0.396 e. The number of amides is 1. The van der Waals surface area contributed by atoms with Crippen molar-refractivity contribution in [2.24, 2.45) is 0 Å². The minimum absolute atomic E-state index is 0.0100. The summed E-state index contributed by atoms with van der Waals surface area (Å²) in [6.45, 7) is 2.46. The fraction of sp³-hybridized carbons (Fsp3) is 0.462. The Balaban J connectivity index is 2.61. The van der Waals surface area contributed by atoms with Gasteiger partial charge in [-0.2, -0.15) is 0 Å². The first-order valence-electron chi connectivity index (χ1n) is 6.00. The SMILES string of the molecule is CCN(C(=O)CS(=O)CCCO)c1ccccc1. The number of aliphatic hydroxyl groups is 1. The van der Waals surface area contributed by atoms with E-state index in [0.717, 1.165) is 5.69 Å². The van der Waals surface area contributed by atoms with E-state index in [9.17, 15) is 9.00 Å². The first-order chi connectivity index (χ1) is 8.69. The molecule has 1 N–H and O–H groups in total. The summed E-state index contributed by atoms with van der Waals surface area (Å²) in [4.78, 5) is 13.6. The van der Waals surface area contributed by atoms with E-state index in [1.54, 1.807) is 4.90 Å². The summed E-state index contributed by atoms with van der Waals surface area (Å²) in [5, 5.41) is 8.65. The van der Waals surface area contributed by atoms with Crippen molar-refractivity contribution in [3.8, 4) is 0 Å². The largest absolute Gasteiger partial charge is 0.396 e. The molecule has 4 nitrogen and oxygen atoms in total. The number of aliphatic hydroxyl groups excluding tert-OH is 1. The smallest absolute Gasteiger partial charge is 0.239 e. The zero-order valence-corrected chi connectivity index (χ0v) is 11.4. The molecule has 0 saturated carbocycles. The van der Waals surface area contributed by atoms with Gasteiger partial charge in [0.15, 0.2) is 0 Å². The number of para-hydroxylation sites is 1. The molecule has 0 bridgehead atoms. The fourth-order valence-electron chi connectivity index (χ4n) is 1.62. The van der Waals surface area contributed by atoms with Crippen molar-refractivity contribution in [1.29, 1.82) is 0 Å². The molecule has 0 fully saturated rings. The van der Waals surface area contributed by atoms with Crippen LogP contribution in [0.1, 0.15) is 13.3 Å². The highest BCUT2D eigenvalue weighted by molar-refractivity contribution is 7.85. The van der Waals surface area contributed by atoms with Crippen LogP contribution in [0.15, 0.2) is 30.3 Å². The molecule has 5 heteroatoms. The molecule has 100 valence electrons. The number of carbonyl (C=O) groups excluding carboxylic acids is 1. The lowest BCUT2D eigenvalue weighted by Gasteiger charge is -2.20. The molecule has 1 unspecified atom stereocenters. The number of carbonyl (C=O) groups is 1. The Morgan fingerprint density at radius 2 is 2.00 bits per heavy atom. The van der Waals surface area contributed by atoms with Crippen LogP contribution in [0.25, 0.3) is 0 Å². The average Bonchev–Trinajstić information content (AvgIpc) is 2.38. The molecule has 0 aliphatic rings. The monoisotopic (exact) mass is 269 g/mol. The van der Waals surface area contributed by atoms with E-state index in [4.69, 9.17) is 5.11 Å². The number of anilines is 1. The summed E-state index contributed by atoms with van der Waals surface area (Å²) < 4.78 is 11.6. The van der Waals surface area contributed by atoms with Gasteiger partial charge in [-0.05, 0) is 25.5 Å². The van der Waals surface area contributed by atoms with E-state index >= 15 is 0 Å². The number of hydrogen-bond acceptors (Lipinski definition) is 3. The van der Waals surface area contributed by atoms with Crippen LogP contribution in [0.3, 0.4) is 0 Å². The summed E-state index contributed by atoms with van der Waals surface area (Å²) in [7, 11) is -1.20. The van der Waals surface area contributed by atoms with Crippen LogP contribution in [0.2, 0.25) is 0 Å². The van der Waals surface area contributed by atoms with Crippen LogP contribution in [0, 0.1) is 0 Å². The van der Waals surface area contributed by atoms with Crippen LogP contribution < -0.4 is 4.90 Å². The summed E-state index contributed by atoms with van der Waals surface area (Å²) >= 11 is 0. The molecule has 1 aromatic rings. The lowest BCUT2D eigenvalue weighted by molar-refractivity contribution is -0.116. The highest BCUT2D eigenvalue weighted by atomic mass is 32.2. The maximum Gasteiger partial charge on any atom is 0.239 e. The van der Waals surface area contributed by atoms with Crippen LogP contribution in [-0.2, 0) is 15.6 Å². The third kappa shape index (κ3) is 4.58. The van der Waals surface area contributed by atoms with Gasteiger partial charge in [0.05, 0.1) is 0 Å². The maximum absolute atomic E-state index is 12.0. The summed E-state index contributed by atoms with van der Waals surface area (Å²) in [5.41, 5.74) is 0.823. The van der Waals surface area contributed by atoms with Crippen LogP contribution in [0.4, 0.5) is 5.69 Å². The van der Waals surface area contributed by atoms with Gasteiger partial charge in [-0.25, -0.2) is 0 Å². The second-order valence-electron chi connectivity index (χ2n) is 3.84. The highest BCUT2D eigenvalue weighted by Gasteiger charge is 2.16. The van der Waals surface area contributed by atoms with E-state index < -0.39 is 10.8 Å². The molecule has 0 heterocycles. The molecule has 0 aromatic heterocycles. The van der Waals surface area contributed by atoms with E-state index in [1.807, 2.05) is 37.3 Å². The Labute approximate surface area is 110 Å². The normalized spacial score (nSPS) is 12.1. The van der Waals surface area contributed by atoms with Gasteiger partial charge >= 0.3 is 0 Å². The lowest BCUT2D eigenvalue weighted by Crippen LogP contribution is -2.34. The van der Waals surface area contributed by atoms with Gasteiger partial charge in [-0.3, -0.25) is 9.00 Å². The number of rotatable bonds is 7. The molecule has 0 radical (unpaired) electrons. The zero-order chi connectivity index (χ0) is 13.4. The molecule has 0 aliphatic heterocycles. The van der Waals surface area contributed by atoms with E-state index in [0.29, 0.717) is 18.7 Å². The second kappa shape index (κ2) is 8.00. The molecular weight excluding hydrogens is 250 g/mol. The van der Waals surface area contributed by atoms with E-state index in [-0.39, 0.29) is 18.3 Å². The van der Waals surface area contributed by atoms with Crippen molar-refractivity contribution >= 4 is 22.4 Å². The molecule has 1 rings (SSSR count). The number of hydrogen-bond donors (Lipinski definition) is 1. The molecule has 18 heavy (non-hydrogen) atoms. The molecular formula is C13H19NO3S. The van der Waals surface area contributed by atoms with Gasteiger partial charge in [0, 0.05) is 35.4 Å². The third-order valence-corrected chi connectivity index (χ3v) is 3.81. The number of nitrogens with zero attached hydrogens (tertiary/aromatic N) is 1. The quantitative estimate of drug-likeness (QED) is 0.808. The Hall–Kier alpha value is -1.20. The van der Waals surface area contributed by atoms with Crippen molar-refractivity contribution < 1.29 is 14.1 Å². The third-order valence-electron chi connectivity index (χ3n) is 2.50. The molecule has 0 aliphatic carbocycles. The summed E-state index contributed by atoms with van der Waals surface area (Å²) in [6.07, 6.45) is 0.470. The molecule has 1 amide bonds. The van der Waals surface area contributed by atoms with Crippen LogP contribution >= 0.6 is 0 Å². The van der Waals surface area contributed by atoms with Gasteiger partial charge in [0.1, 0.15) is 5.75 Å². The maximum atomic E-state index is 12.0. The molecule has 1 atom stereocenters. The van der Waals surface area contributed by atoms with Gasteiger partial charge in [0.2, 0.25) is 5.91 Å². The average molecular weight is 269 g/mol. The highest BCUT2D eigenvalue weighted by Crippen LogP contribution is 2.13. The molecule has 0 spiro atoms. The van der Waals surface area contributed by atoms with Crippen LogP contribution in [-0.4, -0.2) is 39.9 Å². The predicted octanol–water partition coefficient (Wildman–Crippen LogP) is 1.17. The Kier molecular flexibility index (Phi) is 6.60. The minimum atomic E-state index is -1.20. The second-order valence-corrected chi connectivity index (χ2v) is 5.42. The Bertz CT molecular complexity index is 394. The van der Waals surface area contributed by atoms with Crippen molar-refractivity contribution in [2.45, 2.75) is 13.3 Å². The topological polar surface area (TPSA) is 57.6 Å².